The Hall–Kier alpha value is -1.66. The lowest BCUT2D eigenvalue weighted by Crippen LogP contribution is -2.44. The molecule has 1 rings (SSSR count). The second-order valence-electron chi connectivity index (χ2n) is 1.92. The van der Waals surface area contributed by atoms with Crippen LogP contribution in [-0.2, 0) is 4.74 Å². The molecule has 11 heavy (non-hydrogen) atoms. The number of nitrogens with zero attached hydrogens (tertiary/aromatic N) is 3. The van der Waals surface area contributed by atoms with Crippen molar-refractivity contribution >= 4 is 12.4 Å². The monoisotopic (exact) mass is 158 g/mol. The molecule has 7 nitrogen and oxygen atoms in total. The smallest absolute Gasteiger partial charge is 0.391 e. The number of hydrogen-bond acceptors (Lipinski definition) is 5. The summed E-state index contributed by atoms with van der Waals surface area (Å²) in [6.07, 6.45) is -0.327. The largest absolute Gasteiger partial charge is 0.414 e. The van der Waals surface area contributed by atoms with Crippen molar-refractivity contribution in [3.63, 3.8) is 0 Å². The summed E-state index contributed by atoms with van der Waals surface area (Å²) in [5.41, 5.74) is 0. The van der Waals surface area contributed by atoms with Crippen LogP contribution in [0.25, 0.3) is 0 Å². The average Bonchev–Trinajstić information content (AvgIpc) is 1.94. The molecule has 0 aromatic heterocycles. The molecule has 1 aliphatic rings. The fourth-order valence-corrected chi connectivity index (χ4v) is 0.619. The van der Waals surface area contributed by atoms with Crippen molar-refractivity contribution in [2.75, 3.05) is 7.05 Å². The third-order valence-corrected chi connectivity index (χ3v) is 1.21. The standard InChI is InChI=1S/C4H6N4O3/c1-7-3(5)11-2-6-4(7)8(9)10/h2,4-5H,1H3. The van der Waals surface area contributed by atoms with E-state index in [4.69, 9.17) is 5.41 Å². The summed E-state index contributed by atoms with van der Waals surface area (Å²) in [6, 6.07) is -0.276. The minimum Gasteiger partial charge on any atom is -0.414 e. The van der Waals surface area contributed by atoms with Crippen LogP contribution in [0.4, 0.5) is 0 Å². The maximum absolute atomic E-state index is 10.2. The van der Waals surface area contributed by atoms with Gasteiger partial charge in [-0.15, -0.1) is 0 Å². The zero-order valence-corrected chi connectivity index (χ0v) is 5.72. The number of aliphatic imine (C=N–C) groups is 1. The van der Waals surface area contributed by atoms with Crippen LogP contribution in [-0.4, -0.2) is 35.6 Å². The molecule has 1 unspecified atom stereocenters. The third kappa shape index (κ3) is 1.26. The first-order chi connectivity index (χ1) is 5.13. The van der Waals surface area contributed by atoms with Gasteiger partial charge in [0.25, 0.3) is 6.02 Å². The topological polar surface area (TPSA) is 91.8 Å². The number of hydrogen-bond donors (Lipinski definition) is 1. The normalized spacial score (nSPS) is 23.2. The van der Waals surface area contributed by atoms with Crippen molar-refractivity contribution in [1.29, 1.82) is 5.41 Å². The van der Waals surface area contributed by atoms with Gasteiger partial charge in [-0.1, -0.05) is 0 Å². The summed E-state index contributed by atoms with van der Waals surface area (Å²) in [4.78, 5) is 14.0. The summed E-state index contributed by atoms with van der Waals surface area (Å²) in [7, 11) is 1.37. The fourth-order valence-electron chi connectivity index (χ4n) is 0.619. The quantitative estimate of drug-likeness (QED) is 0.410. The zero-order chi connectivity index (χ0) is 8.43. The van der Waals surface area contributed by atoms with E-state index in [2.05, 4.69) is 9.73 Å². The molecule has 0 saturated carbocycles. The Bertz CT molecular complexity index is 225. The predicted molar refractivity (Wildman–Crippen MR) is 35.8 cm³/mol. The van der Waals surface area contributed by atoms with E-state index in [9.17, 15) is 10.1 Å². The van der Waals surface area contributed by atoms with Gasteiger partial charge in [-0.05, 0) is 0 Å². The van der Waals surface area contributed by atoms with E-state index in [1.807, 2.05) is 0 Å². The van der Waals surface area contributed by atoms with Gasteiger partial charge in [-0.3, -0.25) is 15.5 Å². The molecular formula is C4H6N4O3. The molecule has 0 radical (unpaired) electrons. The van der Waals surface area contributed by atoms with Crippen molar-refractivity contribution in [2.24, 2.45) is 4.99 Å². The fraction of sp³-hybridized carbons (Fsp3) is 0.500. The molecule has 0 amide bonds. The summed E-state index contributed by atoms with van der Waals surface area (Å²) >= 11 is 0. The van der Waals surface area contributed by atoms with Gasteiger partial charge in [0, 0.05) is 7.05 Å². The van der Waals surface area contributed by atoms with Crippen LogP contribution < -0.4 is 0 Å². The first kappa shape index (κ1) is 7.45. The van der Waals surface area contributed by atoms with Crippen molar-refractivity contribution in [2.45, 2.75) is 6.29 Å². The minimum absolute atomic E-state index is 0.276. The van der Waals surface area contributed by atoms with Crippen molar-refractivity contribution in [3.05, 3.63) is 10.1 Å². The number of ether oxygens (including phenoxy) is 1. The SMILES string of the molecule is CN1C(=N)OC=NC1[N+](=O)[O-]. The second-order valence-corrected chi connectivity index (χ2v) is 1.92. The summed E-state index contributed by atoms with van der Waals surface area (Å²) in [5, 5.41) is 17.2. The van der Waals surface area contributed by atoms with Crippen LogP contribution in [0.15, 0.2) is 4.99 Å². The molecule has 7 heteroatoms. The Balaban J connectivity index is 2.80. The van der Waals surface area contributed by atoms with E-state index in [0.717, 1.165) is 11.3 Å². The molecule has 0 aromatic rings. The summed E-state index contributed by atoms with van der Waals surface area (Å²) in [6.45, 7) is 0. The lowest BCUT2D eigenvalue weighted by atomic mass is 10.7. The van der Waals surface area contributed by atoms with Crippen LogP contribution in [0.5, 0.6) is 0 Å². The maximum Gasteiger partial charge on any atom is 0.391 e. The molecular weight excluding hydrogens is 152 g/mol. The number of amidine groups is 1. The van der Waals surface area contributed by atoms with E-state index in [1.165, 1.54) is 7.05 Å². The Morgan fingerprint density at radius 2 is 2.64 bits per heavy atom. The third-order valence-electron chi connectivity index (χ3n) is 1.21. The van der Waals surface area contributed by atoms with Gasteiger partial charge in [0.1, 0.15) is 0 Å². The Kier molecular flexibility index (Phi) is 1.71. The lowest BCUT2D eigenvalue weighted by molar-refractivity contribution is -0.542. The van der Waals surface area contributed by atoms with E-state index in [-0.39, 0.29) is 6.02 Å². The highest BCUT2D eigenvalue weighted by molar-refractivity contribution is 5.79. The zero-order valence-electron chi connectivity index (χ0n) is 5.72. The van der Waals surface area contributed by atoms with Crippen molar-refractivity contribution in [3.8, 4) is 0 Å². The van der Waals surface area contributed by atoms with Crippen LogP contribution in [0.3, 0.4) is 0 Å². The molecule has 0 aliphatic carbocycles. The van der Waals surface area contributed by atoms with Crippen LogP contribution in [0.2, 0.25) is 0 Å². The first-order valence-corrected chi connectivity index (χ1v) is 2.76. The average molecular weight is 158 g/mol. The number of nitro groups is 1. The van der Waals surface area contributed by atoms with Gasteiger partial charge in [0.05, 0.1) is 4.92 Å². The van der Waals surface area contributed by atoms with Crippen LogP contribution in [0.1, 0.15) is 0 Å². The highest BCUT2D eigenvalue weighted by Crippen LogP contribution is 2.04. The van der Waals surface area contributed by atoms with E-state index >= 15 is 0 Å². The molecule has 1 atom stereocenters. The van der Waals surface area contributed by atoms with Crippen molar-refractivity contribution in [1.82, 2.24) is 4.90 Å². The van der Waals surface area contributed by atoms with Crippen LogP contribution in [0, 0.1) is 15.5 Å². The molecule has 0 spiro atoms. The minimum atomic E-state index is -1.23. The van der Waals surface area contributed by atoms with Gasteiger partial charge < -0.3 is 4.74 Å². The van der Waals surface area contributed by atoms with E-state index < -0.39 is 11.2 Å². The van der Waals surface area contributed by atoms with Gasteiger partial charge in [-0.2, -0.15) is 4.99 Å². The number of rotatable bonds is 1. The first-order valence-electron chi connectivity index (χ1n) is 2.76. The molecule has 0 bridgehead atoms. The molecule has 0 fully saturated rings. The summed E-state index contributed by atoms with van der Waals surface area (Å²) in [5.74, 6) is 0. The second kappa shape index (κ2) is 2.52. The lowest BCUT2D eigenvalue weighted by Gasteiger charge is -2.21. The molecule has 0 saturated heterocycles. The highest BCUT2D eigenvalue weighted by atomic mass is 16.6. The van der Waals surface area contributed by atoms with Gasteiger partial charge >= 0.3 is 6.29 Å². The molecule has 1 N–H and O–H groups in total. The van der Waals surface area contributed by atoms with Gasteiger partial charge in [0.2, 0.25) is 0 Å². The number of nitrogens with one attached hydrogen (secondary N) is 1. The predicted octanol–water partition coefficient (Wildman–Crippen LogP) is -0.528. The van der Waals surface area contributed by atoms with Crippen LogP contribution >= 0.6 is 0 Å². The molecule has 1 aliphatic heterocycles. The summed E-state index contributed by atoms with van der Waals surface area (Å²) < 4.78 is 4.48. The Morgan fingerprint density at radius 3 is 3.09 bits per heavy atom. The molecule has 1 heterocycles. The van der Waals surface area contributed by atoms with E-state index in [0.29, 0.717) is 0 Å². The Morgan fingerprint density at radius 1 is 2.00 bits per heavy atom. The Labute approximate surface area is 61.9 Å². The molecule has 60 valence electrons. The van der Waals surface area contributed by atoms with Gasteiger partial charge in [0.15, 0.2) is 6.40 Å². The van der Waals surface area contributed by atoms with Gasteiger partial charge in [-0.25, -0.2) is 4.90 Å². The molecule has 0 aromatic carbocycles. The van der Waals surface area contributed by atoms with E-state index in [1.54, 1.807) is 0 Å². The van der Waals surface area contributed by atoms with Crippen molar-refractivity contribution < 1.29 is 9.66 Å². The maximum atomic E-state index is 10.2. The highest BCUT2D eigenvalue weighted by Gasteiger charge is 2.30.